The van der Waals surface area contributed by atoms with Gasteiger partial charge in [-0.3, -0.25) is 0 Å². The summed E-state index contributed by atoms with van der Waals surface area (Å²) in [5, 5.41) is 0. The van der Waals surface area contributed by atoms with Crippen LogP contribution in [0.25, 0.3) is 0 Å². The number of benzene rings is 1. The molecule has 0 N–H and O–H groups in total. The van der Waals surface area contributed by atoms with Crippen LogP contribution in [0.1, 0.15) is 12.5 Å². The Bertz CT molecular complexity index is 220. The van der Waals surface area contributed by atoms with Crippen molar-refractivity contribution in [1.82, 2.24) is 0 Å². The molecule has 1 rings (SSSR count). The van der Waals surface area contributed by atoms with Gasteiger partial charge in [0.25, 0.3) is 0 Å². The maximum atomic E-state index is 5.15. The van der Waals surface area contributed by atoms with E-state index in [1.807, 2.05) is 38.1 Å². The van der Waals surface area contributed by atoms with Crippen molar-refractivity contribution in [2.24, 2.45) is 0 Å². The smallest absolute Gasteiger partial charge is 0.537 e. The highest BCUT2D eigenvalue weighted by Gasteiger charge is 1.95. The van der Waals surface area contributed by atoms with Crippen LogP contribution in [0.15, 0.2) is 24.3 Å². The predicted molar refractivity (Wildman–Crippen MR) is 49.2 cm³/mol. The number of hydrogen-bond donors (Lipinski definition) is 0. The Balaban J connectivity index is 2.37. The minimum Gasteiger partial charge on any atom is -0.537 e. The predicted octanol–water partition coefficient (Wildman–Crippen LogP) is 1.94. The van der Waals surface area contributed by atoms with Gasteiger partial charge in [0.05, 0.1) is 5.75 Å². The van der Waals surface area contributed by atoms with Crippen LogP contribution in [-0.2, 0) is 4.65 Å². The first kappa shape index (κ1) is 9.14. The highest BCUT2D eigenvalue weighted by Crippen LogP contribution is 2.10. The third-order valence-corrected chi connectivity index (χ3v) is 1.44. The maximum Gasteiger partial charge on any atom is 0.572 e. The van der Waals surface area contributed by atoms with Crippen molar-refractivity contribution in [1.29, 1.82) is 0 Å². The second-order valence-electron chi connectivity index (χ2n) is 2.48. The fraction of sp³-hybridized carbons (Fsp3) is 0.333. The van der Waals surface area contributed by atoms with E-state index in [0.717, 1.165) is 5.75 Å². The first-order chi connectivity index (χ1) is 5.83. The summed E-state index contributed by atoms with van der Waals surface area (Å²) in [6, 6.07) is 7.81. The summed E-state index contributed by atoms with van der Waals surface area (Å²) in [6.45, 7) is 4.58. The van der Waals surface area contributed by atoms with Crippen molar-refractivity contribution in [3.63, 3.8) is 0 Å². The molecule has 0 aliphatic carbocycles. The molecule has 0 fully saturated rings. The van der Waals surface area contributed by atoms with E-state index in [2.05, 4.69) is 0 Å². The Hall–Kier alpha value is -0.955. The average molecular weight is 163 g/mol. The van der Waals surface area contributed by atoms with Gasteiger partial charge in [0.2, 0.25) is 0 Å². The van der Waals surface area contributed by atoms with E-state index in [1.165, 1.54) is 13.2 Å². The summed E-state index contributed by atoms with van der Waals surface area (Å²) in [7, 11) is 1.35. The van der Waals surface area contributed by atoms with Crippen LogP contribution in [0.2, 0.25) is 0 Å². The first-order valence-corrected chi connectivity index (χ1v) is 3.99. The van der Waals surface area contributed by atoms with Gasteiger partial charge in [-0.15, -0.1) is 0 Å². The van der Waals surface area contributed by atoms with Crippen LogP contribution in [0.3, 0.4) is 0 Å². The summed E-state index contributed by atoms with van der Waals surface area (Å²) in [6.07, 6.45) is 0. The Labute approximate surface area is 73.8 Å². The fourth-order valence-corrected chi connectivity index (χ4v) is 0.774. The molecular weight excluding hydrogens is 151 g/mol. The van der Waals surface area contributed by atoms with Crippen molar-refractivity contribution < 1.29 is 9.31 Å². The summed E-state index contributed by atoms with van der Waals surface area (Å²) >= 11 is 0. The van der Waals surface area contributed by atoms with Crippen molar-refractivity contribution in [2.45, 2.75) is 13.8 Å². The molecule has 0 spiro atoms. The van der Waals surface area contributed by atoms with E-state index in [1.54, 1.807) is 0 Å². The Morgan fingerprint density at radius 1 is 1.25 bits per heavy atom. The van der Waals surface area contributed by atoms with Crippen molar-refractivity contribution in [3.05, 3.63) is 29.8 Å². The van der Waals surface area contributed by atoms with Gasteiger partial charge in [-0.2, -0.15) is 0 Å². The molecule has 1 aromatic rings. The van der Waals surface area contributed by atoms with Crippen LogP contribution in [-0.4, -0.2) is 14.3 Å². The van der Waals surface area contributed by atoms with Gasteiger partial charge in [-0.1, -0.05) is 17.7 Å². The number of rotatable bonds is 4. The normalized spacial score (nSPS) is 9.50. The minimum absolute atomic E-state index is 0.631. The summed E-state index contributed by atoms with van der Waals surface area (Å²) in [5.41, 5.74) is 1.22. The van der Waals surface area contributed by atoms with E-state index in [4.69, 9.17) is 9.31 Å². The summed E-state index contributed by atoms with van der Waals surface area (Å²) in [5.74, 6) is 0.800. The molecular formula is C9H12BO2. The number of aryl methyl sites for hydroxylation is 1. The lowest BCUT2D eigenvalue weighted by Gasteiger charge is -2.03. The molecule has 2 nitrogen and oxygen atoms in total. The van der Waals surface area contributed by atoms with Crippen LogP contribution in [0.4, 0.5) is 0 Å². The average Bonchev–Trinajstić information content (AvgIpc) is 2.09. The van der Waals surface area contributed by atoms with Crippen molar-refractivity contribution in [3.8, 4) is 5.75 Å². The lowest BCUT2D eigenvalue weighted by atomic mass is 10.2. The standard InChI is InChI=1S/C9H12BO2/c1-3-11-10-12-9-6-4-8(2)5-7-9/h4-7H,3H2,1-2H3. The minimum atomic E-state index is 0.631. The fourth-order valence-electron chi connectivity index (χ4n) is 0.774. The van der Waals surface area contributed by atoms with Crippen LogP contribution >= 0.6 is 0 Å². The van der Waals surface area contributed by atoms with E-state index in [0.29, 0.717) is 6.61 Å². The molecule has 0 aromatic heterocycles. The van der Waals surface area contributed by atoms with E-state index >= 15 is 0 Å². The molecule has 3 heteroatoms. The Morgan fingerprint density at radius 3 is 2.50 bits per heavy atom. The molecule has 63 valence electrons. The highest BCUT2D eigenvalue weighted by molar-refractivity contribution is 6.19. The van der Waals surface area contributed by atoms with Crippen LogP contribution in [0.5, 0.6) is 5.75 Å². The summed E-state index contributed by atoms with van der Waals surface area (Å²) in [4.78, 5) is 0. The molecule has 0 saturated carbocycles. The Morgan fingerprint density at radius 2 is 1.92 bits per heavy atom. The zero-order valence-electron chi connectivity index (χ0n) is 7.41. The van der Waals surface area contributed by atoms with E-state index < -0.39 is 0 Å². The topological polar surface area (TPSA) is 18.5 Å². The third-order valence-electron chi connectivity index (χ3n) is 1.44. The van der Waals surface area contributed by atoms with Gasteiger partial charge < -0.3 is 9.31 Å². The van der Waals surface area contributed by atoms with Gasteiger partial charge in [-0.25, -0.2) is 0 Å². The largest absolute Gasteiger partial charge is 0.572 e. The summed E-state index contributed by atoms with van der Waals surface area (Å²) < 4.78 is 10.1. The van der Waals surface area contributed by atoms with Gasteiger partial charge >= 0.3 is 7.69 Å². The van der Waals surface area contributed by atoms with Crippen LogP contribution < -0.4 is 4.65 Å². The van der Waals surface area contributed by atoms with Crippen molar-refractivity contribution in [2.75, 3.05) is 6.61 Å². The number of hydrogen-bond acceptors (Lipinski definition) is 2. The molecule has 0 heterocycles. The van der Waals surface area contributed by atoms with Gasteiger partial charge in [0.15, 0.2) is 0 Å². The SMILES string of the molecule is CCO[B]Oc1ccc(C)cc1. The highest BCUT2D eigenvalue weighted by atomic mass is 16.6. The van der Waals surface area contributed by atoms with Crippen molar-refractivity contribution >= 4 is 7.69 Å². The molecule has 0 aliphatic rings. The van der Waals surface area contributed by atoms with Gasteiger partial charge in [-0.05, 0) is 26.0 Å². The zero-order valence-corrected chi connectivity index (χ0v) is 7.41. The quantitative estimate of drug-likeness (QED) is 0.498. The zero-order chi connectivity index (χ0) is 8.81. The molecule has 1 aromatic carbocycles. The van der Waals surface area contributed by atoms with Gasteiger partial charge in [0, 0.05) is 6.61 Å². The van der Waals surface area contributed by atoms with E-state index in [-0.39, 0.29) is 0 Å². The molecule has 0 amide bonds. The van der Waals surface area contributed by atoms with Gasteiger partial charge in [0.1, 0.15) is 0 Å². The molecule has 0 unspecified atom stereocenters. The molecule has 0 aliphatic heterocycles. The lowest BCUT2D eigenvalue weighted by molar-refractivity contribution is 0.308. The third kappa shape index (κ3) is 2.97. The molecule has 12 heavy (non-hydrogen) atoms. The maximum absolute atomic E-state index is 5.15. The second-order valence-corrected chi connectivity index (χ2v) is 2.48. The monoisotopic (exact) mass is 163 g/mol. The van der Waals surface area contributed by atoms with E-state index in [9.17, 15) is 0 Å². The lowest BCUT2D eigenvalue weighted by Crippen LogP contribution is -2.06. The molecule has 0 atom stereocenters. The second kappa shape index (κ2) is 4.83. The molecule has 1 radical (unpaired) electrons. The molecule has 0 saturated heterocycles. The van der Waals surface area contributed by atoms with Crippen LogP contribution in [0, 0.1) is 6.92 Å². The molecule has 0 bridgehead atoms. The first-order valence-electron chi connectivity index (χ1n) is 3.99. The Kier molecular flexibility index (Phi) is 3.68.